The lowest BCUT2D eigenvalue weighted by Gasteiger charge is -2.16. The average Bonchev–Trinajstić information content (AvgIpc) is 2.92. The molecule has 3 amide bonds. The van der Waals surface area contributed by atoms with Crippen LogP contribution < -0.4 is 5.32 Å². The van der Waals surface area contributed by atoms with E-state index in [0.29, 0.717) is 29.2 Å². The molecule has 0 bridgehead atoms. The number of hydrogen-bond acceptors (Lipinski definition) is 4. The van der Waals surface area contributed by atoms with E-state index in [1.165, 1.54) is 27.8 Å². The van der Waals surface area contributed by atoms with Gasteiger partial charge in [-0.25, -0.2) is 0 Å². The molecule has 0 spiro atoms. The maximum atomic E-state index is 12.3. The Hall–Kier alpha value is -2.60. The number of carbonyl (C=O) groups is 3. The number of nitrogens with zero attached hydrogens (tertiary/aromatic N) is 1. The van der Waals surface area contributed by atoms with E-state index in [1.807, 2.05) is 13.0 Å². The fourth-order valence-electron chi connectivity index (χ4n) is 3.16. The van der Waals surface area contributed by atoms with Crippen molar-refractivity contribution >= 4 is 29.5 Å². The molecule has 5 nitrogen and oxygen atoms in total. The van der Waals surface area contributed by atoms with Crippen molar-refractivity contribution in [3.8, 4) is 0 Å². The molecule has 2 aromatic rings. The summed E-state index contributed by atoms with van der Waals surface area (Å²) in [5, 5.41) is 3.00. The summed E-state index contributed by atoms with van der Waals surface area (Å²) >= 11 is 1.42. The maximum Gasteiger partial charge on any atom is 0.261 e. The van der Waals surface area contributed by atoms with Gasteiger partial charge in [0.05, 0.1) is 22.9 Å². The normalized spacial score (nSPS) is 14.2. The highest BCUT2D eigenvalue weighted by atomic mass is 32.2. The Balaban J connectivity index is 1.44. The number of thioether (sulfide) groups is 1. The van der Waals surface area contributed by atoms with E-state index in [9.17, 15) is 14.4 Å². The second-order valence-corrected chi connectivity index (χ2v) is 8.10. The van der Waals surface area contributed by atoms with Gasteiger partial charge in [-0.1, -0.05) is 30.3 Å². The predicted molar refractivity (Wildman–Crippen MR) is 112 cm³/mol. The summed E-state index contributed by atoms with van der Waals surface area (Å²) < 4.78 is 0. The number of imide groups is 1. The first-order chi connectivity index (χ1) is 13.4. The molecule has 28 heavy (non-hydrogen) atoms. The smallest absolute Gasteiger partial charge is 0.261 e. The zero-order valence-electron chi connectivity index (χ0n) is 16.3. The zero-order valence-corrected chi connectivity index (χ0v) is 17.1. The van der Waals surface area contributed by atoms with Crippen molar-refractivity contribution < 1.29 is 14.4 Å². The third kappa shape index (κ3) is 4.28. The van der Waals surface area contributed by atoms with Crippen molar-refractivity contribution in [2.24, 2.45) is 0 Å². The highest BCUT2D eigenvalue weighted by Gasteiger charge is 2.34. The van der Waals surface area contributed by atoms with E-state index in [0.717, 1.165) is 5.56 Å². The molecule has 6 heteroatoms. The van der Waals surface area contributed by atoms with E-state index < -0.39 is 0 Å². The van der Waals surface area contributed by atoms with Gasteiger partial charge in [0.25, 0.3) is 11.8 Å². The van der Waals surface area contributed by atoms with Crippen LogP contribution in [0.4, 0.5) is 0 Å². The zero-order chi connectivity index (χ0) is 20.3. The summed E-state index contributed by atoms with van der Waals surface area (Å²) in [6, 6.07) is 13.0. The lowest BCUT2D eigenvalue weighted by atomic mass is 10.0. The van der Waals surface area contributed by atoms with Gasteiger partial charge >= 0.3 is 0 Å². The minimum Gasteiger partial charge on any atom is -0.349 e. The second kappa shape index (κ2) is 8.61. The molecule has 1 N–H and O–H groups in total. The summed E-state index contributed by atoms with van der Waals surface area (Å²) in [6.07, 6.45) is 0. The molecule has 1 aliphatic rings. The van der Waals surface area contributed by atoms with Crippen LogP contribution in [0.2, 0.25) is 0 Å². The van der Waals surface area contributed by atoms with Gasteiger partial charge in [0.2, 0.25) is 5.91 Å². The van der Waals surface area contributed by atoms with Crippen LogP contribution in [0.5, 0.6) is 0 Å². The first-order valence-corrected chi connectivity index (χ1v) is 10.4. The van der Waals surface area contributed by atoms with Crippen LogP contribution in [0.25, 0.3) is 0 Å². The minimum absolute atomic E-state index is 0.0573. The Labute approximate surface area is 169 Å². The SMILES string of the molecule is Cc1ccc([C@@H](C)NC(=O)CSCCN2C(=O)c3ccccc3C2=O)cc1C. The molecule has 0 aliphatic carbocycles. The Morgan fingerprint density at radius 2 is 1.68 bits per heavy atom. The lowest BCUT2D eigenvalue weighted by Crippen LogP contribution is -2.32. The number of benzene rings is 2. The van der Waals surface area contributed by atoms with Crippen molar-refractivity contribution in [1.29, 1.82) is 0 Å². The molecule has 0 aromatic heterocycles. The predicted octanol–water partition coefficient (Wildman–Crippen LogP) is 3.51. The van der Waals surface area contributed by atoms with Crippen LogP contribution >= 0.6 is 11.8 Å². The number of fused-ring (bicyclic) bond motifs is 1. The van der Waals surface area contributed by atoms with Crippen LogP contribution in [0, 0.1) is 13.8 Å². The van der Waals surface area contributed by atoms with Crippen LogP contribution in [0.1, 0.15) is 50.4 Å². The summed E-state index contributed by atoms with van der Waals surface area (Å²) in [5.74, 6) is 0.246. The highest BCUT2D eigenvalue weighted by molar-refractivity contribution is 7.99. The molecule has 1 atom stereocenters. The number of nitrogens with one attached hydrogen (secondary N) is 1. The van der Waals surface area contributed by atoms with Gasteiger partial charge in [-0.2, -0.15) is 11.8 Å². The van der Waals surface area contributed by atoms with Gasteiger partial charge in [0.1, 0.15) is 0 Å². The topological polar surface area (TPSA) is 66.5 Å². The van der Waals surface area contributed by atoms with Gasteiger partial charge in [-0.3, -0.25) is 19.3 Å². The average molecular weight is 397 g/mol. The fraction of sp³-hybridized carbons (Fsp3) is 0.318. The van der Waals surface area contributed by atoms with Crippen molar-refractivity contribution in [1.82, 2.24) is 10.2 Å². The summed E-state index contributed by atoms with van der Waals surface area (Å²) in [7, 11) is 0. The molecule has 0 fully saturated rings. The third-order valence-electron chi connectivity index (χ3n) is 4.98. The van der Waals surface area contributed by atoms with Gasteiger partial charge in [0.15, 0.2) is 0 Å². The van der Waals surface area contributed by atoms with Gasteiger partial charge in [0, 0.05) is 12.3 Å². The molecule has 1 heterocycles. The van der Waals surface area contributed by atoms with Crippen LogP contribution in [0.3, 0.4) is 0 Å². The molecule has 2 aromatic carbocycles. The monoisotopic (exact) mass is 396 g/mol. The Morgan fingerprint density at radius 1 is 1.04 bits per heavy atom. The number of amides is 3. The van der Waals surface area contributed by atoms with Crippen LogP contribution in [-0.4, -0.2) is 40.7 Å². The van der Waals surface area contributed by atoms with Gasteiger partial charge in [-0.05, 0) is 49.6 Å². The molecule has 0 unspecified atom stereocenters. The van der Waals surface area contributed by atoms with E-state index in [2.05, 4.69) is 31.3 Å². The van der Waals surface area contributed by atoms with Crippen LogP contribution in [-0.2, 0) is 4.79 Å². The molecule has 0 saturated heterocycles. The van der Waals surface area contributed by atoms with Crippen LogP contribution in [0.15, 0.2) is 42.5 Å². The Morgan fingerprint density at radius 3 is 2.29 bits per heavy atom. The quantitative estimate of drug-likeness (QED) is 0.575. The third-order valence-corrected chi connectivity index (χ3v) is 5.92. The van der Waals surface area contributed by atoms with Gasteiger partial charge < -0.3 is 5.32 Å². The minimum atomic E-state index is -0.256. The maximum absolute atomic E-state index is 12.3. The van der Waals surface area contributed by atoms with E-state index in [-0.39, 0.29) is 23.8 Å². The lowest BCUT2D eigenvalue weighted by molar-refractivity contribution is -0.119. The Kier molecular flexibility index (Phi) is 6.19. The molecule has 0 saturated carbocycles. The van der Waals surface area contributed by atoms with Crippen molar-refractivity contribution in [3.63, 3.8) is 0 Å². The Bertz CT molecular complexity index is 891. The first kappa shape index (κ1) is 20.1. The van der Waals surface area contributed by atoms with Crippen molar-refractivity contribution in [2.45, 2.75) is 26.8 Å². The number of rotatable bonds is 7. The van der Waals surface area contributed by atoms with Crippen molar-refractivity contribution in [3.05, 3.63) is 70.3 Å². The molecular formula is C22H24N2O3S. The van der Waals surface area contributed by atoms with E-state index in [4.69, 9.17) is 0 Å². The molecule has 146 valence electrons. The van der Waals surface area contributed by atoms with Gasteiger partial charge in [-0.15, -0.1) is 0 Å². The van der Waals surface area contributed by atoms with E-state index >= 15 is 0 Å². The number of hydrogen-bond donors (Lipinski definition) is 1. The summed E-state index contributed by atoms with van der Waals surface area (Å²) in [5.41, 5.74) is 4.42. The second-order valence-electron chi connectivity index (χ2n) is 6.99. The fourth-order valence-corrected chi connectivity index (χ4v) is 3.89. The standard InChI is InChI=1S/C22H24N2O3S/c1-14-8-9-17(12-15(14)2)16(3)23-20(25)13-28-11-10-24-21(26)18-6-4-5-7-19(18)22(24)27/h4-9,12,16H,10-11,13H2,1-3H3,(H,23,25)/t16-/m1/s1. The summed E-state index contributed by atoms with van der Waals surface area (Å²) in [4.78, 5) is 38.1. The molecular weight excluding hydrogens is 372 g/mol. The molecule has 3 rings (SSSR count). The molecule has 1 aliphatic heterocycles. The summed E-state index contributed by atoms with van der Waals surface area (Å²) in [6.45, 7) is 6.39. The van der Waals surface area contributed by atoms with Crippen molar-refractivity contribution in [2.75, 3.05) is 18.1 Å². The van der Waals surface area contributed by atoms with E-state index in [1.54, 1.807) is 24.3 Å². The number of carbonyl (C=O) groups excluding carboxylic acids is 3. The first-order valence-electron chi connectivity index (χ1n) is 9.28. The molecule has 0 radical (unpaired) electrons. The number of aryl methyl sites for hydroxylation is 2. The highest BCUT2D eigenvalue weighted by Crippen LogP contribution is 2.22. The largest absolute Gasteiger partial charge is 0.349 e.